The molecular weight excluding hydrogens is 216 g/mol. The van der Waals surface area contributed by atoms with E-state index >= 15 is 0 Å². The highest BCUT2D eigenvalue weighted by molar-refractivity contribution is 7.98. The van der Waals surface area contributed by atoms with Gasteiger partial charge >= 0.3 is 0 Å². The Kier molecular flexibility index (Phi) is 8.52. The SMILES string of the molecule is CCCC(CN)(CCC)N(C)C(C)CSC. The molecule has 0 spiro atoms. The molecule has 0 aliphatic heterocycles. The molecule has 0 aliphatic carbocycles. The van der Waals surface area contributed by atoms with Crippen molar-refractivity contribution < 1.29 is 0 Å². The van der Waals surface area contributed by atoms with Gasteiger partial charge in [0.1, 0.15) is 0 Å². The molecule has 0 amide bonds. The third kappa shape index (κ3) is 4.27. The zero-order valence-electron chi connectivity index (χ0n) is 11.8. The fourth-order valence-corrected chi connectivity index (χ4v) is 3.28. The molecule has 0 saturated carbocycles. The van der Waals surface area contributed by atoms with Gasteiger partial charge in [-0.25, -0.2) is 0 Å². The highest BCUT2D eigenvalue weighted by Crippen LogP contribution is 2.27. The molecule has 0 radical (unpaired) electrons. The van der Waals surface area contributed by atoms with Crippen LogP contribution in [0.2, 0.25) is 0 Å². The highest BCUT2D eigenvalue weighted by atomic mass is 32.2. The minimum atomic E-state index is 0.221. The summed E-state index contributed by atoms with van der Waals surface area (Å²) in [5.74, 6) is 1.19. The first-order valence-electron chi connectivity index (χ1n) is 6.49. The Balaban J connectivity index is 4.69. The molecule has 3 heteroatoms. The largest absolute Gasteiger partial charge is 0.329 e. The molecule has 0 aliphatic rings. The normalized spacial score (nSPS) is 14.4. The first-order valence-corrected chi connectivity index (χ1v) is 7.89. The van der Waals surface area contributed by atoms with E-state index in [0.29, 0.717) is 6.04 Å². The molecule has 0 aromatic heterocycles. The number of nitrogens with zero attached hydrogens (tertiary/aromatic N) is 1. The van der Waals surface area contributed by atoms with Crippen LogP contribution in [0.15, 0.2) is 0 Å². The van der Waals surface area contributed by atoms with Crippen LogP contribution in [0.3, 0.4) is 0 Å². The average Bonchev–Trinajstić information content (AvgIpc) is 2.28. The zero-order chi connectivity index (χ0) is 12.6. The molecule has 0 fully saturated rings. The maximum Gasteiger partial charge on any atom is 0.0331 e. The van der Waals surface area contributed by atoms with Crippen LogP contribution in [0.4, 0.5) is 0 Å². The van der Waals surface area contributed by atoms with Crippen molar-refractivity contribution in [3.8, 4) is 0 Å². The molecule has 98 valence electrons. The van der Waals surface area contributed by atoms with Crippen molar-refractivity contribution in [1.82, 2.24) is 4.90 Å². The van der Waals surface area contributed by atoms with E-state index in [-0.39, 0.29) is 5.54 Å². The summed E-state index contributed by atoms with van der Waals surface area (Å²) >= 11 is 1.92. The van der Waals surface area contributed by atoms with Gasteiger partial charge in [-0.3, -0.25) is 4.90 Å². The van der Waals surface area contributed by atoms with E-state index in [1.54, 1.807) is 0 Å². The molecule has 0 heterocycles. The smallest absolute Gasteiger partial charge is 0.0331 e. The maximum atomic E-state index is 6.07. The Morgan fingerprint density at radius 3 is 2.06 bits per heavy atom. The number of hydrogen-bond donors (Lipinski definition) is 1. The Morgan fingerprint density at radius 2 is 1.75 bits per heavy atom. The molecule has 1 unspecified atom stereocenters. The summed E-state index contributed by atoms with van der Waals surface area (Å²) in [5, 5.41) is 0. The summed E-state index contributed by atoms with van der Waals surface area (Å²) in [6, 6.07) is 0.608. The molecule has 0 aromatic rings. The van der Waals surface area contributed by atoms with Crippen LogP contribution >= 0.6 is 11.8 Å². The lowest BCUT2D eigenvalue weighted by molar-refractivity contribution is 0.0749. The predicted molar refractivity (Wildman–Crippen MR) is 77.2 cm³/mol. The molecule has 16 heavy (non-hydrogen) atoms. The van der Waals surface area contributed by atoms with Crippen LogP contribution in [-0.4, -0.2) is 42.1 Å². The lowest BCUT2D eigenvalue weighted by Crippen LogP contribution is -2.55. The van der Waals surface area contributed by atoms with Gasteiger partial charge < -0.3 is 5.73 Å². The van der Waals surface area contributed by atoms with Gasteiger partial charge in [0, 0.05) is 23.9 Å². The van der Waals surface area contributed by atoms with Gasteiger partial charge in [-0.1, -0.05) is 26.7 Å². The van der Waals surface area contributed by atoms with E-state index in [0.717, 1.165) is 6.54 Å². The Hall–Kier alpha value is 0.270. The zero-order valence-corrected chi connectivity index (χ0v) is 12.6. The van der Waals surface area contributed by atoms with Gasteiger partial charge in [0.15, 0.2) is 0 Å². The monoisotopic (exact) mass is 246 g/mol. The molecule has 2 N–H and O–H groups in total. The highest BCUT2D eigenvalue weighted by Gasteiger charge is 2.33. The molecular formula is C13H30N2S. The van der Waals surface area contributed by atoms with Crippen LogP contribution < -0.4 is 5.73 Å². The number of thioether (sulfide) groups is 1. The minimum absolute atomic E-state index is 0.221. The fraction of sp³-hybridized carbons (Fsp3) is 1.00. The number of hydrogen-bond acceptors (Lipinski definition) is 3. The summed E-state index contributed by atoms with van der Waals surface area (Å²) in [6.45, 7) is 7.61. The summed E-state index contributed by atoms with van der Waals surface area (Å²) < 4.78 is 0. The summed E-state index contributed by atoms with van der Waals surface area (Å²) in [4.78, 5) is 2.52. The lowest BCUT2D eigenvalue weighted by Gasteiger charge is -2.44. The summed E-state index contributed by atoms with van der Waals surface area (Å²) in [6.07, 6.45) is 7.04. The average molecular weight is 246 g/mol. The van der Waals surface area contributed by atoms with Gasteiger partial charge in [0.05, 0.1) is 0 Å². The van der Waals surface area contributed by atoms with E-state index in [9.17, 15) is 0 Å². The van der Waals surface area contributed by atoms with Gasteiger partial charge in [0.25, 0.3) is 0 Å². The van der Waals surface area contributed by atoms with E-state index in [4.69, 9.17) is 5.73 Å². The van der Waals surface area contributed by atoms with E-state index in [1.807, 2.05) is 11.8 Å². The van der Waals surface area contributed by atoms with Crippen LogP contribution in [-0.2, 0) is 0 Å². The second-order valence-electron chi connectivity index (χ2n) is 4.84. The number of likely N-dealkylation sites (N-methyl/N-ethyl adjacent to an activating group) is 1. The van der Waals surface area contributed by atoms with Crippen molar-refractivity contribution in [3.63, 3.8) is 0 Å². The first-order chi connectivity index (χ1) is 7.57. The minimum Gasteiger partial charge on any atom is -0.329 e. The Morgan fingerprint density at radius 1 is 1.25 bits per heavy atom. The summed E-state index contributed by atoms with van der Waals surface area (Å²) in [5.41, 5.74) is 6.29. The van der Waals surface area contributed by atoms with Gasteiger partial charge in [0.2, 0.25) is 0 Å². The Bertz CT molecular complexity index is 167. The van der Waals surface area contributed by atoms with Crippen LogP contribution in [0.1, 0.15) is 46.5 Å². The van der Waals surface area contributed by atoms with E-state index in [1.165, 1.54) is 31.4 Å². The molecule has 0 rings (SSSR count). The third-order valence-electron chi connectivity index (χ3n) is 3.63. The molecule has 0 bridgehead atoms. The number of rotatable bonds is 9. The fourth-order valence-electron chi connectivity index (χ4n) is 2.58. The molecule has 0 saturated heterocycles. The second-order valence-corrected chi connectivity index (χ2v) is 5.75. The molecule has 1 atom stereocenters. The van der Waals surface area contributed by atoms with Crippen molar-refractivity contribution >= 4 is 11.8 Å². The van der Waals surface area contributed by atoms with Crippen molar-refractivity contribution in [1.29, 1.82) is 0 Å². The van der Waals surface area contributed by atoms with Gasteiger partial charge in [-0.15, -0.1) is 0 Å². The van der Waals surface area contributed by atoms with Crippen LogP contribution in [0.25, 0.3) is 0 Å². The van der Waals surface area contributed by atoms with Gasteiger partial charge in [-0.2, -0.15) is 11.8 Å². The third-order valence-corrected chi connectivity index (χ3v) is 4.44. The maximum absolute atomic E-state index is 6.07. The number of nitrogens with two attached hydrogens (primary N) is 1. The van der Waals surface area contributed by atoms with E-state index in [2.05, 4.69) is 39.0 Å². The standard InChI is InChI=1S/C13H30N2S/c1-6-8-13(11-14,9-7-2)15(4)12(3)10-16-5/h12H,6-11,14H2,1-5H3. The van der Waals surface area contributed by atoms with Crippen molar-refractivity contribution in [2.75, 3.05) is 25.6 Å². The predicted octanol–water partition coefficient (Wildman–Crippen LogP) is 2.97. The van der Waals surface area contributed by atoms with Crippen molar-refractivity contribution in [2.24, 2.45) is 5.73 Å². The summed E-state index contributed by atoms with van der Waals surface area (Å²) in [7, 11) is 2.25. The van der Waals surface area contributed by atoms with Crippen LogP contribution in [0.5, 0.6) is 0 Å². The molecule has 0 aromatic carbocycles. The Labute approximate surface area is 106 Å². The topological polar surface area (TPSA) is 29.3 Å². The first kappa shape index (κ1) is 16.3. The van der Waals surface area contributed by atoms with Crippen LogP contribution in [0, 0.1) is 0 Å². The quantitative estimate of drug-likeness (QED) is 0.678. The molecule has 2 nitrogen and oxygen atoms in total. The van der Waals surface area contributed by atoms with Gasteiger partial charge in [-0.05, 0) is 33.1 Å². The van der Waals surface area contributed by atoms with Crippen molar-refractivity contribution in [3.05, 3.63) is 0 Å². The van der Waals surface area contributed by atoms with Crippen molar-refractivity contribution in [2.45, 2.75) is 58.0 Å². The lowest BCUT2D eigenvalue weighted by atomic mass is 9.86. The van der Waals surface area contributed by atoms with E-state index < -0.39 is 0 Å². The second kappa shape index (κ2) is 8.37.